The monoisotopic (exact) mass is 348 g/mol. The maximum Gasteiger partial charge on any atom is 0.128 e. The fraction of sp³-hybridized carbons (Fsp3) is 0.227. The van der Waals surface area contributed by atoms with Crippen molar-refractivity contribution in [2.75, 3.05) is 21.2 Å². The number of amidine groups is 1. The van der Waals surface area contributed by atoms with Gasteiger partial charge in [-0.1, -0.05) is 36.4 Å². The first-order chi connectivity index (χ1) is 12.6. The van der Waals surface area contributed by atoms with Crippen LogP contribution in [0.4, 0.5) is 4.39 Å². The standard InChI is InChI=1S/C22H21FN2O/c1-25(2)20-13-15-9-8-14-12-16(26-3)10-11-17(14)21(15)22(24-20)18-6-4-5-7-19(18)23/h4-12,22H,13H2,1-3H3. The highest BCUT2D eigenvalue weighted by Gasteiger charge is 2.27. The molecule has 3 aromatic rings. The molecule has 0 fully saturated rings. The van der Waals surface area contributed by atoms with Crippen LogP contribution in [0, 0.1) is 5.82 Å². The lowest BCUT2D eigenvalue weighted by molar-refractivity contribution is 0.415. The summed E-state index contributed by atoms with van der Waals surface area (Å²) in [5, 5.41) is 2.17. The second-order valence-electron chi connectivity index (χ2n) is 6.77. The normalized spacial score (nSPS) is 16.2. The van der Waals surface area contributed by atoms with Crippen molar-refractivity contribution in [2.45, 2.75) is 12.5 Å². The van der Waals surface area contributed by atoms with Gasteiger partial charge in [-0.2, -0.15) is 0 Å². The number of nitrogens with zero attached hydrogens (tertiary/aromatic N) is 2. The lowest BCUT2D eigenvalue weighted by Crippen LogP contribution is -2.29. The topological polar surface area (TPSA) is 24.8 Å². The van der Waals surface area contributed by atoms with E-state index in [1.54, 1.807) is 13.2 Å². The van der Waals surface area contributed by atoms with Gasteiger partial charge < -0.3 is 9.64 Å². The highest BCUT2D eigenvalue weighted by molar-refractivity contribution is 5.94. The molecule has 3 aromatic carbocycles. The van der Waals surface area contributed by atoms with E-state index in [0.29, 0.717) is 5.56 Å². The van der Waals surface area contributed by atoms with E-state index in [1.807, 2.05) is 43.3 Å². The molecule has 4 heteroatoms. The SMILES string of the molecule is COc1ccc2c3c(ccc2c1)CC(N(C)C)=NC3c1ccccc1F. The van der Waals surface area contributed by atoms with E-state index in [9.17, 15) is 4.39 Å². The van der Waals surface area contributed by atoms with Crippen LogP contribution in [0.25, 0.3) is 10.8 Å². The molecule has 132 valence electrons. The average Bonchev–Trinajstić information content (AvgIpc) is 2.66. The molecule has 1 unspecified atom stereocenters. The zero-order valence-electron chi connectivity index (χ0n) is 15.2. The van der Waals surface area contributed by atoms with Gasteiger partial charge in [-0.3, -0.25) is 4.99 Å². The van der Waals surface area contributed by atoms with Crippen LogP contribution < -0.4 is 4.74 Å². The Kier molecular flexibility index (Phi) is 4.11. The van der Waals surface area contributed by atoms with Crippen molar-refractivity contribution in [3.63, 3.8) is 0 Å². The van der Waals surface area contributed by atoms with E-state index in [1.165, 1.54) is 11.6 Å². The number of aliphatic imine (C=N–C) groups is 1. The molecule has 0 saturated carbocycles. The number of rotatable bonds is 2. The fourth-order valence-corrected chi connectivity index (χ4v) is 3.61. The van der Waals surface area contributed by atoms with E-state index < -0.39 is 0 Å². The number of hydrogen-bond donors (Lipinski definition) is 0. The van der Waals surface area contributed by atoms with E-state index in [0.717, 1.165) is 34.3 Å². The summed E-state index contributed by atoms with van der Waals surface area (Å²) in [6.07, 6.45) is 0.745. The number of fused-ring (bicyclic) bond motifs is 3. The molecule has 0 spiro atoms. The molecule has 0 bridgehead atoms. The molecule has 3 nitrogen and oxygen atoms in total. The molecular formula is C22H21FN2O. The molecular weight excluding hydrogens is 327 g/mol. The first-order valence-corrected chi connectivity index (χ1v) is 8.66. The van der Waals surface area contributed by atoms with Gasteiger partial charge in [-0.05, 0) is 40.1 Å². The smallest absolute Gasteiger partial charge is 0.128 e. The van der Waals surface area contributed by atoms with Crippen LogP contribution in [0.5, 0.6) is 5.75 Å². The fourth-order valence-electron chi connectivity index (χ4n) is 3.61. The summed E-state index contributed by atoms with van der Waals surface area (Å²) in [4.78, 5) is 6.93. The number of likely N-dealkylation sites (N-methyl/N-ethyl adjacent to an activating group) is 1. The van der Waals surface area contributed by atoms with Gasteiger partial charge in [-0.15, -0.1) is 0 Å². The van der Waals surface area contributed by atoms with Gasteiger partial charge in [0.15, 0.2) is 0 Å². The number of halogens is 1. The molecule has 1 aliphatic heterocycles. The Labute approximate surface area is 152 Å². The molecule has 1 atom stereocenters. The van der Waals surface area contributed by atoms with Crippen molar-refractivity contribution in [1.82, 2.24) is 4.90 Å². The first kappa shape index (κ1) is 16.6. The third-order valence-electron chi connectivity index (χ3n) is 4.98. The minimum absolute atomic E-state index is 0.224. The molecule has 0 aliphatic carbocycles. The van der Waals surface area contributed by atoms with Crippen LogP contribution in [-0.2, 0) is 6.42 Å². The number of hydrogen-bond acceptors (Lipinski definition) is 3. The van der Waals surface area contributed by atoms with Crippen molar-refractivity contribution in [2.24, 2.45) is 4.99 Å². The highest BCUT2D eigenvalue weighted by Crippen LogP contribution is 2.39. The Hall–Kier alpha value is -2.88. The van der Waals surface area contributed by atoms with E-state index in [-0.39, 0.29) is 11.9 Å². The minimum atomic E-state index is -0.352. The molecule has 1 aliphatic rings. The maximum atomic E-state index is 14.6. The zero-order valence-corrected chi connectivity index (χ0v) is 15.2. The quantitative estimate of drug-likeness (QED) is 0.676. The average molecular weight is 348 g/mol. The van der Waals surface area contributed by atoms with Crippen LogP contribution in [0.2, 0.25) is 0 Å². The molecule has 0 aromatic heterocycles. The van der Waals surface area contributed by atoms with Gasteiger partial charge in [0, 0.05) is 26.1 Å². The number of methoxy groups -OCH3 is 1. The van der Waals surface area contributed by atoms with Crippen molar-refractivity contribution in [3.05, 3.63) is 77.1 Å². The van der Waals surface area contributed by atoms with E-state index >= 15 is 0 Å². The van der Waals surface area contributed by atoms with E-state index in [4.69, 9.17) is 9.73 Å². The van der Waals surface area contributed by atoms with Gasteiger partial charge in [0.05, 0.1) is 7.11 Å². The Morgan fingerprint density at radius 1 is 1.08 bits per heavy atom. The molecule has 26 heavy (non-hydrogen) atoms. The molecule has 4 rings (SSSR count). The Bertz CT molecular complexity index is 1010. The third kappa shape index (κ3) is 2.71. The summed E-state index contributed by atoms with van der Waals surface area (Å²) in [5.74, 6) is 1.55. The molecule has 1 heterocycles. The second kappa shape index (κ2) is 6.45. The van der Waals surface area contributed by atoms with Crippen LogP contribution in [0.15, 0.2) is 59.6 Å². The number of benzene rings is 3. The van der Waals surface area contributed by atoms with Gasteiger partial charge >= 0.3 is 0 Å². The van der Waals surface area contributed by atoms with Crippen LogP contribution in [-0.4, -0.2) is 31.9 Å². The molecule has 0 radical (unpaired) electrons. The van der Waals surface area contributed by atoms with Gasteiger partial charge in [0.2, 0.25) is 0 Å². The lowest BCUT2D eigenvalue weighted by atomic mass is 9.86. The summed E-state index contributed by atoms with van der Waals surface area (Å²) in [6, 6.07) is 16.8. The van der Waals surface area contributed by atoms with Gasteiger partial charge in [-0.25, -0.2) is 4.39 Å². The zero-order chi connectivity index (χ0) is 18.3. The molecule has 0 saturated heterocycles. The molecule has 0 amide bonds. The van der Waals surface area contributed by atoms with Crippen LogP contribution in [0.1, 0.15) is 22.7 Å². The van der Waals surface area contributed by atoms with Crippen molar-refractivity contribution in [3.8, 4) is 5.75 Å². The maximum absolute atomic E-state index is 14.6. The summed E-state index contributed by atoms with van der Waals surface area (Å²) in [6.45, 7) is 0. The van der Waals surface area contributed by atoms with Crippen molar-refractivity contribution >= 4 is 16.6 Å². The first-order valence-electron chi connectivity index (χ1n) is 8.66. The summed E-state index contributed by atoms with van der Waals surface area (Å²) < 4.78 is 20.0. The van der Waals surface area contributed by atoms with Crippen molar-refractivity contribution in [1.29, 1.82) is 0 Å². The Morgan fingerprint density at radius 2 is 1.88 bits per heavy atom. The highest BCUT2D eigenvalue weighted by atomic mass is 19.1. The Balaban J connectivity index is 1.99. The van der Waals surface area contributed by atoms with E-state index in [2.05, 4.69) is 18.2 Å². The van der Waals surface area contributed by atoms with Crippen molar-refractivity contribution < 1.29 is 9.13 Å². The van der Waals surface area contributed by atoms with Gasteiger partial charge in [0.1, 0.15) is 23.4 Å². The summed E-state index contributed by atoms with van der Waals surface area (Å²) in [7, 11) is 5.62. The lowest BCUT2D eigenvalue weighted by Gasteiger charge is -2.29. The van der Waals surface area contributed by atoms with Crippen LogP contribution >= 0.6 is 0 Å². The third-order valence-corrected chi connectivity index (χ3v) is 4.98. The Morgan fingerprint density at radius 3 is 2.62 bits per heavy atom. The van der Waals surface area contributed by atoms with Crippen LogP contribution in [0.3, 0.4) is 0 Å². The number of ether oxygens (including phenoxy) is 1. The largest absolute Gasteiger partial charge is 0.497 e. The summed E-state index contributed by atoms with van der Waals surface area (Å²) >= 11 is 0. The predicted octanol–water partition coefficient (Wildman–Crippen LogP) is 4.59. The minimum Gasteiger partial charge on any atom is -0.497 e. The summed E-state index contributed by atoms with van der Waals surface area (Å²) in [5.41, 5.74) is 2.88. The van der Waals surface area contributed by atoms with Gasteiger partial charge in [0.25, 0.3) is 0 Å². The predicted molar refractivity (Wildman–Crippen MR) is 104 cm³/mol. The second-order valence-corrected chi connectivity index (χ2v) is 6.77. The molecule has 0 N–H and O–H groups in total.